The lowest BCUT2D eigenvalue weighted by Gasteiger charge is -2.28. The van der Waals surface area contributed by atoms with Crippen molar-refractivity contribution in [2.75, 3.05) is 0 Å². The number of hydrazine groups is 1. The number of amides is 1. The van der Waals surface area contributed by atoms with Crippen LogP contribution in [0.2, 0.25) is 0 Å². The maximum Gasteiger partial charge on any atom is 0.254 e. The molecule has 1 heterocycles. The lowest BCUT2D eigenvalue weighted by Crippen LogP contribution is -2.44. The summed E-state index contributed by atoms with van der Waals surface area (Å²) in [5, 5.41) is 10.2. The molecule has 200 valence electrons. The summed E-state index contributed by atoms with van der Waals surface area (Å²) in [6.07, 6.45) is 0.0888. The van der Waals surface area contributed by atoms with Crippen LogP contribution in [0.15, 0.2) is 71.0 Å². The number of benzene rings is 3. The van der Waals surface area contributed by atoms with Gasteiger partial charge in [0.1, 0.15) is 11.9 Å². The molecule has 1 amide bonds. The Morgan fingerprint density at radius 3 is 2.11 bits per heavy atom. The summed E-state index contributed by atoms with van der Waals surface area (Å²) >= 11 is 0. The highest BCUT2D eigenvalue weighted by Crippen LogP contribution is 2.37. The van der Waals surface area contributed by atoms with E-state index >= 15 is 0 Å². The number of nitrogens with zero attached hydrogens (tertiary/aromatic N) is 2. The van der Waals surface area contributed by atoms with E-state index in [0.717, 1.165) is 17.7 Å². The van der Waals surface area contributed by atoms with Crippen LogP contribution in [0.5, 0.6) is 5.75 Å². The van der Waals surface area contributed by atoms with Crippen LogP contribution in [0.4, 0.5) is 0 Å². The molecule has 3 N–H and O–H groups in total. The van der Waals surface area contributed by atoms with Crippen LogP contribution in [0, 0.1) is 19.3 Å². The van der Waals surface area contributed by atoms with Crippen molar-refractivity contribution >= 4 is 5.91 Å². The van der Waals surface area contributed by atoms with Crippen molar-refractivity contribution in [3.63, 3.8) is 0 Å². The zero-order chi connectivity index (χ0) is 27.4. The lowest BCUT2D eigenvalue weighted by molar-refractivity contribution is 0.0931. The van der Waals surface area contributed by atoms with Crippen LogP contribution < -0.4 is 21.0 Å². The average Bonchev–Trinajstić information content (AvgIpc) is 3.36. The fourth-order valence-electron chi connectivity index (χ4n) is 4.76. The van der Waals surface area contributed by atoms with Crippen molar-refractivity contribution in [2.24, 2.45) is 15.8 Å². The molecule has 2 unspecified atom stereocenters. The molecule has 1 aliphatic heterocycles. The molecule has 0 fully saturated rings. The molecule has 0 radical (unpaired) electrons. The molecular formula is C31H39N5O2. The van der Waals surface area contributed by atoms with Gasteiger partial charge >= 0.3 is 0 Å². The quantitative estimate of drug-likeness (QED) is 0.299. The topological polar surface area (TPSA) is 87.1 Å². The molecule has 38 heavy (non-hydrogen) atoms. The molecule has 3 aromatic carbocycles. The Hall–Kier alpha value is -3.71. The molecule has 7 heteroatoms. The Labute approximate surface area is 226 Å². The van der Waals surface area contributed by atoms with Crippen LogP contribution in [0.25, 0.3) is 11.1 Å². The van der Waals surface area contributed by atoms with Crippen LogP contribution in [0.1, 0.15) is 85.7 Å². The van der Waals surface area contributed by atoms with Crippen molar-refractivity contribution in [3.8, 4) is 16.9 Å². The van der Waals surface area contributed by atoms with Crippen molar-refractivity contribution in [1.82, 2.24) is 16.3 Å². The van der Waals surface area contributed by atoms with Gasteiger partial charge in [0.15, 0.2) is 0 Å². The molecule has 0 saturated heterocycles. The number of carbonyl (C=O) groups is 1. The first kappa shape index (κ1) is 27.3. The summed E-state index contributed by atoms with van der Waals surface area (Å²) in [4.78, 5) is 12.6. The van der Waals surface area contributed by atoms with Crippen molar-refractivity contribution < 1.29 is 9.53 Å². The number of hydrogen-bond donors (Lipinski definition) is 3. The average molecular weight is 514 g/mol. The third kappa shape index (κ3) is 6.78. The fraction of sp³-hybridized carbons (Fsp3) is 0.387. The maximum atomic E-state index is 12.6. The summed E-state index contributed by atoms with van der Waals surface area (Å²) < 4.78 is 6.64. The summed E-state index contributed by atoms with van der Waals surface area (Å²) in [6.45, 7) is 15.4. The smallest absolute Gasteiger partial charge is 0.254 e. The van der Waals surface area contributed by atoms with Gasteiger partial charge in [-0.2, -0.15) is 5.43 Å². The Bertz CT molecular complexity index is 1270. The molecule has 2 atom stereocenters. The monoisotopic (exact) mass is 513 g/mol. The molecule has 0 spiro atoms. The second-order valence-corrected chi connectivity index (χ2v) is 11.5. The molecular weight excluding hydrogens is 474 g/mol. The van der Waals surface area contributed by atoms with Gasteiger partial charge in [-0.05, 0) is 89.2 Å². The Balaban J connectivity index is 1.55. The van der Waals surface area contributed by atoms with Gasteiger partial charge in [0.25, 0.3) is 5.91 Å². The Morgan fingerprint density at radius 2 is 1.58 bits per heavy atom. The van der Waals surface area contributed by atoms with E-state index in [1.807, 2.05) is 24.3 Å². The van der Waals surface area contributed by atoms with Gasteiger partial charge in [0, 0.05) is 5.56 Å². The normalized spacial score (nSPS) is 15.8. The first-order chi connectivity index (χ1) is 18.0. The van der Waals surface area contributed by atoms with E-state index in [2.05, 4.69) is 111 Å². The molecule has 1 aliphatic rings. The van der Waals surface area contributed by atoms with E-state index in [9.17, 15) is 4.79 Å². The SMILES string of the molecule is Cc1cc(OC(CC(C)(C)C)c2ccc(C(=O)NC3N=NNN3)cc2)cc(C)c1-c1ccc(C(C)C)cc1. The number of aryl methyl sites for hydroxylation is 2. The number of nitrogens with one attached hydrogen (secondary N) is 3. The van der Waals surface area contributed by atoms with Gasteiger partial charge in [0.2, 0.25) is 6.29 Å². The number of ether oxygens (including phenoxy) is 1. The van der Waals surface area contributed by atoms with E-state index in [4.69, 9.17) is 4.74 Å². The van der Waals surface area contributed by atoms with Gasteiger partial charge in [-0.3, -0.25) is 4.79 Å². The van der Waals surface area contributed by atoms with Gasteiger partial charge in [-0.25, -0.2) is 5.53 Å². The minimum absolute atomic E-state index is 0.0506. The molecule has 0 bridgehead atoms. The zero-order valence-electron chi connectivity index (χ0n) is 23.4. The summed E-state index contributed by atoms with van der Waals surface area (Å²) in [6, 6.07) is 20.7. The summed E-state index contributed by atoms with van der Waals surface area (Å²) in [5.41, 5.74) is 13.1. The first-order valence-electron chi connectivity index (χ1n) is 13.2. The molecule has 7 nitrogen and oxygen atoms in total. The van der Waals surface area contributed by atoms with Gasteiger partial charge in [-0.15, -0.1) is 5.11 Å². The third-order valence-corrected chi connectivity index (χ3v) is 6.69. The minimum Gasteiger partial charge on any atom is -0.486 e. The van der Waals surface area contributed by atoms with Crippen molar-refractivity contribution in [3.05, 3.63) is 88.5 Å². The van der Waals surface area contributed by atoms with Gasteiger partial charge < -0.3 is 10.1 Å². The number of carbonyl (C=O) groups excluding carboxylic acids is 1. The highest BCUT2D eigenvalue weighted by molar-refractivity contribution is 5.94. The molecule has 0 aliphatic carbocycles. The van der Waals surface area contributed by atoms with Crippen molar-refractivity contribution in [2.45, 2.75) is 73.2 Å². The second kappa shape index (κ2) is 11.4. The van der Waals surface area contributed by atoms with E-state index in [1.165, 1.54) is 27.8 Å². The van der Waals surface area contributed by atoms with Crippen molar-refractivity contribution in [1.29, 1.82) is 0 Å². The highest BCUT2D eigenvalue weighted by Gasteiger charge is 2.23. The Kier molecular flexibility index (Phi) is 8.17. The summed E-state index contributed by atoms with van der Waals surface area (Å²) in [7, 11) is 0. The Morgan fingerprint density at radius 1 is 0.974 bits per heavy atom. The van der Waals surface area contributed by atoms with Crippen LogP contribution in [0.3, 0.4) is 0 Å². The van der Waals surface area contributed by atoms with E-state index < -0.39 is 6.29 Å². The predicted molar refractivity (Wildman–Crippen MR) is 152 cm³/mol. The number of rotatable bonds is 8. The minimum atomic E-state index is -0.582. The molecule has 3 aromatic rings. The van der Waals surface area contributed by atoms with Crippen LogP contribution in [-0.4, -0.2) is 12.2 Å². The molecule has 0 saturated carbocycles. The van der Waals surface area contributed by atoms with E-state index in [1.54, 1.807) is 0 Å². The third-order valence-electron chi connectivity index (χ3n) is 6.69. The van der Waals surface area contributed by atoms with Gasteiger partial charge in [0.05, 0.1) is 0 Å². The standard InChI is InChI=1S/C31H39N5O2/c1-19(2)22-8-12-24(13-9-22)28-20(3)16-26(17-21(28)4)38-27(18-31(5,6)7)23-10-14-25(15-11-23)29(37)32-30-33-35-36-34-30/h8-17,19,27,30H,18H2,1-7H3,(H,32,37)(H,33,36)(H,34,35). The van der Waals surface area contributed by atoms with E-state index in [-0.39, 0.29) is 17.4 Å². The zero-order valence-corrected chi connectivity index (χ0v) is 23.4. The first-order valence-corrected chi connectivity index (χ1v) is 13.2. The fourth-order valence-corrected chi connectivity index (χ4v) is 4.76. The maximum absolute atomic E-state index is 12.6. The second-order valence-electron chi connectivity index (χ2n) is 11.5. The van der Waals surface area contributed by atoms with Crippen LogP contribution in [-0.2, 0) is 0 Å². The highest BCUT2D eigenvalue weighted by atomic mass is 16.5. The van der Waals surface area contributed by atoms with Gasteiger partial charge in [-0.1, -0.05) is 76.2 Å². The largest absolute Gasteiger partial charge is 0.486 e. The van der Waals surface area contributed by atoms with Crippen LogP contribution >= 0.6 is 0 Å². The molecule has 4 rings (SSSR count). The predicted octanol–water partition coefficient (Wildman–Crippen LogP) is 7.14. The molecule has 0 aromatic heterocycles. The summed E-state index contributed by atoms with van der Waals surface area (Å²) in [5.74, 6) is 1.13. The van der Waals surface area contributed by atoms with E-state index in [0.29, 0.717) is 11.5 Å². The number of hydrogen-bond acceptors (Lipinski definition) is 6. The lowest BCUT2D eigenvalue weighted by atomic mass is 9.86.